The van der Waals surface area contributed by atoms with Gasteiger partial charge >= 0.3 is 6.03 Å². The first kappa shape index (κ1) is 27.4. The van der Waals surface area contributed by atoms with Gasteiger partial charge in [0, 0.05) is 29.2 Å². The molecule has 1 aromatic heterocycles. The van der Waals surface area contributed by atoms with Crippen molar-refractivity contribution in [2.24, 2.45) is 0 Å². The first-order valence-corrected chi connectivity index (χ1v) is 13.7. The second-order valence-corrected chi connectivity index (χ2v) is 10.2. The molecular formula is C30H41N7O. The molecule has 202 valence electrons. The molecule has 1 saturated carbocycles. The van der Waals surface area contributed by atoms with Crippen LogP contribution in [-0.2, 0) is 6.54 Å². The Morgan fingerprint density at radius 2 is 1.66 bits per heavy atom. The van der Waals surface area contributed by atoms with Gasteiger partial charge in [-0.1, -0.05) is 44.9 Å². The van der Waals surface area contributed by atoms with Gasteiger partial charge in [-0.05, 0) is 82.2 Å². The quantitative estimate of drug-likeness (QED) is 0.376. The Morgan fingerprint density at radius 1 is 1.03 bits per heavy atom. The number of amides is 2. The Bertz CT molecular complexity index is 1210. The molecule has 8 heteroatoms. The van der Waals surface area contributed by atoms with Crippen molar-refractivity contribution in [3.63, 3.8) is 0 Å². The molecule has 5 rings (SSSR count). The molecule has 8 nitrogen and oxygen atoms in total. The summed E-state index contributed by atoms with van der Waals surface area (Å²) >= 11 is 0. The number of urea groups is 1. The van der Waals surface area contributed by atoms with Gasteiger partial charge in [-0.15, -0.1) is 0 Å². The normalized spacial score (nSPS) is 15.4. The highest BCUT2D eigenvalue weighted by molar-refractivity contribution is 6.06. The summed E-state index contributed by atoms with van der Waals surface area (Å²) in [6, 6.07) is 13.7. The van der Waals surface area contributed by atoms with Crippen LogP contribution in [0, 0.1) is 13.8 Å². The maximum atomic E-state index is 13.8. The lowest BCUT2D eigenvalue weighted by Crippen LogP contribution is -2.52. The highest BCUT2D eigenvalue weighted by Crippen LogP contribution is 2.38. The minimum absolute atomic E-state index is 0.000986. The number of nitrogens with zero attached hydrogens (tertiary/aromatic N) is 5. The summed E-state index contributed by atoms with van der Waals surface area (Å²) in [7, 11) is 2.11. The molecule has 0 spiro atoms. The fraction of sp³-hybridized carbons (Fsp3) is 0.433. The summed E-state index contributed by atoms with van der Waals surface area (Å²) in [4.78, 5) is 29.3. The number of hydrogen-bond donors (Lipinski definition) is 2. The van der Waals surface area contributed by atoms with Crippen LogP contribution in [0.1, 0.15) is 56.2 Å². The summed E-state index contributed by atoms with van der Waals surface area (Å²) in [5.74, 6) is 1.20. The number of hydrogen-bond acceptors (Lipinski definition) is 6. The molecule has 3 aromatic rings. The van der Waals surface area contributed by atoms with Crippen molar-refractivity contribution in [1.29, 1.82) is 0 Å². The highest BCUT2D eigenvalue weighted by Gasteiger charge is 2.39. The number of anilines is 5. The molecule has 1 aliphatic carbocycles. The van der Waals surface area contributed by atoms with Gasteiger partial charge in [0.2, 0.25) is 5.95 Å². The number of nitrogens with one attached hydrogen (secondary N) is 1. The van der Waals surface area contributed by atoms with Crippen molar-refractivity contribution in [3.8, 4) is 0 Å². The molecule has 0 unspecified atom stereocenters. The number of benzene rings is 2. The van der Waals surface area contributed by atoms with Gasteiger partial charge in [-0.2, -0.15) is 4.98 Å². The fourth-order valence-electron chi connectivity index (χ4n) is 5.05. The molecule has 1 aliphatic heterocycles. The minimum atomic E-state index is -0.000986. The van der Waals surface area contributed by atoms with E-state index in [-0.39, 0.29) is 12.1 Å². The van der Waals surface area contributed by atoms with Crippen molar-refractivity contribution in [3.05, 3.63) is 65.4 Å². The lowest BCUT2D eigenvalue weighted by Gasteiger charge is -2.40. The van der Waals surface area contributed by atoms with Crippen LogP contribution in [0.25, 0.3) is 0 Å². The summed E-state index contributed by atoms with van der Waals surface area (Å²) in [6.45, 7) is 11.2. The van der Waals surface area contributed by atoms with Gasteiger partial charge in [0.05, 0.1) is 12.2 Å². The number of aryl methyl sites for hydroxylation is 2. The number of fused-ring (bicyclic) bond motifs is 1. The van der Waals surface area contributed by atoms with Gasteiger partial charge in [-0.25, -0.2) is 9.78 Å². The van der Waals surface area contributed by atoms with Gasteiger partial charge in [-0.3, -0.25) is 9.80 Å². The van der Waals surface area contributed by atoms with E-state index in [4.69, 9.17) is 10.7 Å². The number of rotatable bonds is 6. The first-order chi connectivity index (χ1) is 18.3. The Labute approximate surface area is 226 Å². The van der Waals surface area contributed by atoms with E-state index in [2.05, 4.69) is 62.1 Å². The smallest absolute Gasteiger partial charge is 0.330 e. The molecule has 0 atom stereocenters. The van der Waals surface area contributed by atoms with Crippen molar-refractivity contribution in [2.75, 3.05) is 41.0 Å². The average molecular weight is 516 g/mol. The molecule has 2 amide bonds. The van der Waals surface area contributed by atoms with Gasteiger partial charge in [0.1, 0.15) is 5.82 Å². The Morgan fingerprint density at radius 3 is 2.24 bits per heavy atom. The lowest BCUT2D eigenvalue weighted by atomic mass is 10.1. The third kappa shape index (κ3) is 6.07. The van der Waals surface area contributed by atoms with E-state index in [0.717, 1.165) is 72.7 Å². The van der Waals surface area contributed by atoms with E-state index in [0.29, 0.717) is 18.2 Å². The van der Waals surface area contributed by atoms with E-state index >= 15 is 0 Å². The molecule has 2 aromatic carbocycles. The summed E-state index contributed by atoms with van der Waals surface area (Å²) in [5.41, 5.74) is 11.5. The van der Waals surface area contributed by atoms with Crippen molar-refractivity contribution in [2.45, 2.75) is 66.0 Å². The van der Waals surface area contributed by atoms with Crippen LogP contribution in [-0.4, -0.2) is 47.1 Å². The van der Waals surface area contributed by atoms with Gasteiger partial charge in [0.15, 0.2) is 0 Å². The zero-order valence-electron chi connectivity index (χ0n) is 23.4. The van der Waals surface area contributed by atoms with Crippen LogP contribution in [0.2, 0.25) is 0 Å². The van der Waals surface area contributed by atoms with Crippen LogP contribution < -0.4 is 20.9 Å². The summed E-state index contributed by atoms with van der Waals surface area (Å²) in [5, 5.41) is 3.24. The van der Waals surface area contributed by atoms with E-state index in [1.165, 1.54) is 0 Å². The predicted octanol–water partition coefficient (Wildman–Crippen LogP) is 6.27. The standard InChI is InChI=1S/C25H28N6O.C5H13N/c1-16-6-5-7-17(2)22(16)30-15-18-14-27-24(28-20-12-10-19(26)11-13-20)29-23(18)31(25(30)32)21-8-3-4-9-21;1-4-6(3)5-2/h5-7,10-14,21H,3-4,8-9,15,26H2,1-2H3,(H,27,28,29);4-5H2,1-3H3. The van der Waals surface area contributed by atoms with Crippen molar-refractivity contribution < 1.29 is 4.79 Å². The largest absolute Gasteiger partial charge is 0.399 e. The molecule has 1 fully saturated rings. The highest BCUT2D eigenvalue weighted by atomic mass is 16.2. The second-order valence-electron chi connectivity index (χ2n) is 10.2. The number of para-hydroxylation sites is 1. The van der Waals surface area contributed by atoms with Crippen LogP contribution in [0.4, 0.5) is 33.6 Å². The van der Waals surface area contributed by atoms with Crippen LogP contribution in [0.15, 0.2) is 48.7 Å². The van der Waals surface area contributed by atoms with Crippen molar-refractivity contribution in [1.82, 2.24) is 14.9 Å². The van der Waals surface area contributed by atoms with Crippen LogP contribution >= 0.6 is 0 Å². The third-order valence-electron chi connectivity index (χ3n) is 7.48. The van der Waals surface area contributed by atoms with E-state index in [1.54, 1.807) is 0 Å². The predicted molar refractivity (Wildman–Crippen MR) is 157 cm³/mol. The van der Waals surface area contributed by atoms with Gasteiger partial charge in [0.25, 0.3) is 0 Å². The fourth-order valence-corrected chi connectivity index (χ4v) is 5.05. The second kappa shape index (κ2) is 12.3. The van der Waals surface area contributed by atoms with Crippen LogP contribution in [0.3, 0.4) is 0 Å². The number of nitrogens with two attached hydrogens (primary N) is 1. The Kier molecular flexibility index (Phi) is 8.84. The molecule has 38 heavy (non-hydrogen) atoms. The zero-order chi connectivity index (χ0) is 27.2. The third-order valence-corrected chi connectivity index (χ3v) is 7.48. The maximum Gasteiger partial charge on any atom is 0.330 e. The first-order valence-electron chi connectivity index (χ1n) is 13.7. The van der Waals surface area contributed by atoms with Crippen molar-refractivity contribution >= 4 is 34.9 Å². The number of carbonyl (C=O) groups excluding carboxylic acids is 1. The topological polar surface area (TPSA) is 90.6 Å². The van der Waals surface area contributed by atoms with Crippen LogP contribution in [0.5, 0.6) is 0 Å². The molecular weight excluding hydrogens is 474 g/mol. The molecule has 0 saturated heterocycles. The molecule has 2 heterocycles. The number of nitrogen functional groups attached to an aromatic ring is 1. The Hall–Kier alpha value is -3.65. The van der Waals surface area contributed by atoms with E-state index in [1.807, 2.05) is 46.3 Å². The molecule has 2 aliphatic rings. The SMILES string of the molecule is CCN(C)CC.Cc1cccc(C)c1N1Cc2cnc(Nc3ccc(N)cc3)nc2N(C2CCCC2)C1=O. The zero-order valence-corrected chi connectivity index (χ0v) is 23.4. The molecule has 0 radical (unpaired) electrons. The van der Waals surface area contributed by atoms with E-state index in [9.17, 15) is 4.79 Å². The maximum absolute atomic E-state index is 13.8. The average Bonchev–Trinajstić information content (AvgIpc) is 3.44. The molecule has 0 bridgehead atoms. The van der Waals surface area contributed by atoms with Gasteiger partial charge < -0.3 is 16.0 Å². The summed E-state index contributed by atoms with van der Waals surface area (Å²) in [6.07, 6.45) is 6.10. The molecule has 3 N–H and O–H groups in total. The monoisotopic (exact) mass is 515 g/mol. The summed E-state index contributed by atoms with van der Waals surface area (Å²) < 4.78 is 0. The lowest BCUT2D eigenvalue weighted by molar-refractivity contribution is 0.247. The van der Waals surface area contributed by atoms with E-state index < -0.39 is 0 Å². The number of aromatic nitrogens is 2. The number of carbonyl (C=O) groups is 1. The Balaban J connectivity index is 0.000000505. The minimum Gasteiger partial charge on any atom is -0.399 e.